The molecule has 1 aliphatic carbocycles. The van der Waals surface area contributed by atoms with Gasteiger partial charge in [-0.05, 0) is 19.8 Å². The number of rotatable bonds is 4. The Bertz CT molecular complexity index is 500. The maximum absolute atomic E-state index is 12.0. The van der Waals surface area contributed by atoms with Gasteiger partial charge in [-0.2, -0.15) is 0 Å². The van der Waals surface area contributed by atoms with Gasteiger partial charge in [-0.1, -0.05) is 18.0 Å². The highest BCUT2D eigenvalue weighted by molar-refractivity contribution is 7.88. The molecule has 1 N–H and O–H groups in total. The number of halogens is 1. The molecule has 1 aliphatic rings. The zero-order valence-electron chi connectivity index (χ0n) is 10.2. The van der Waals surface area contributed by atoms with Gasteiger partial charge in [-0.25, -0.2) is 13.1 Å². The van der Waals surface area contributed by atoms with Gasteiger partial charge in [-0.15, -0.1) is 11.6 Å². The number of hydrogen-bond donors (Lipinski definition) is 1. The third kappa shape index (κ3) is 3.70. The third-order valence-corrected chi connectivity index (χ3v) is 4.89. The van der Waals surface area contributed by atoms with Gasteiger partial charge in [0, 0.05) is 17.5 Å². The van der Waals surface area contributed by atoms with E-state index in [2.05, 4.69) is 9.88 Å². The fraction of sp³-hybridized carbons (Fsp3) is 0.727. The van der Waals surface area contributed by atoms with Gasteiger partial charge in [-0.3, -0.25) is 0 Å². The van der Waals surface area contributed by atoms with Crippen molar-refractivity contribution in [3.63, 3.8) is 0 Å². The highest BCUT2D eigenvalue weighted by Crippen LogP contribution is 2.23. The molecule has 7 heteroatoms. The van der Waals surface area contributed by atoms with Gasteiger partial charge in [0.2, 0.25) is 10.0 Å². The summed E-state index contributed by atoms with van der Waals surface area (Å²) in [5.41, 5.74) is 0.418. The molecule has 18 heavy (non-hydrogen) atoms. The lowest BCUT2D eigenvalue weighted by molar-refractivity contribution is 0.391. The number of aryl methyl sites for hydroxylation is 1. The van der Waals surface area contributed by atoms with Crippen molar-refractivity contribution in [3.05, 3.63) is 17.5 Å². The second-order valence-electron chi connectivity index (χ2n) is 4.71. The normalized spacial score (nSPS) is 25.2. The summed E-state index contributed by atoms with van der Waals surface area (Å²) in [6, 6.07) is 1.46. The molecule has 1 heterocycles. The Balaban J connectivity index is 1.98. The number of sulfonamides is 1. The first kappa shape index (κ1) is 13.8. The molecular weight excluding hydrogens is 276 g/mol. The largest absolute Gasteiger partial charge is 0.361 e. The predicted octanol–water partition coefficient (Wildman–Crippen LogP) is 1.95. The van der Waals surface area contributed by atoms with Crippen LogP contribution in [0.3, 0.4) is 0 Å². The van der Waals surface area contributed by atoms with Crippen molar-refractivity contribution < 1.29 is 12.9 Å². The first-order chi connectivity index (χ1) is 8.46. The molecule has 1 aromatic rings. The summed E-state index contributed by atoms with van der Waals surface area (Å²) in [7, 11) is -3.41. The van der Waals surface area contributed by atoms with Crippen LogP contribution in [-0.2, 0) is 15.8 Å². The minimum Gasteiger partial charge on any atom is -0.361 e. The number of nitrogens with one attached hydrogen (secondary N) is 1. The van der Waals surface area contributed by atoms with Crippen LogP contribution in [0.2, 0.25) is 0 Å². The van der Waals surface area contributed by atoms with E-state index in [0.29, 0.717) is 11.5 Å². The van der Waals surface area contributed by atoms with E-state index >= 15 is 0 Å². The summed E-state index contributed by atoms with van der Waals surface area (Å²) in [5, 5.41) is 3.57. The average Bonchev–Trinajstić information content (AvgIpc) is 2.66. The van der Waals surface area contributed by atoms with E-state index in [-0.39, 0.29) is 17.2 Å². The Kier molecular flexibility index (Phi) is 4.29. The third-order valence-electron chi connectivity index (χ3n) is 3.03. The molecule has 0 amide bonds. The van der Waals surface area contributed by atoms with Gasteiger partial charge in [0.1, 0.15) is 17.2 Å². The van der Waals surface area contributed by atoms with Crippen LogP contribution in [0.4, 0.5) is 0 Å². The van der Waals surface area contributed by atoms with Crippen molar-refractivity contribution in [3.8, 4) is 0 Å². The second kappa shape index (κ2) is 5.59. The van der Waals surface area contributed by atoms with E-state index in [4.69, 9.17) is 16.1 Å². The smallest absolute Gasteiger partial charge is 0.217 e. The lowest BCUT2D eigenvalue weighted by atomic mass is 9.96. The lowest BCUT2D eigenvalue weighted by Crippen LogP contribution is -2.43. The van der Waals surface area contributed by atoms with Gasteiger partial charge >= 0.3 is 0 Å². The predicted molar refractivity (Wildman–Crippen MR) is 68.9 cm³/mol. The number of alkyl halides is 1. The van der Waals surface area contributed by atoms with E-state index in [1.54, 1.807) is 13.0 Å². The van der Waals surface area contributed by atoms with Crippen LogP contribution in [-0.4, -0.2) is 25.0 Å². The maximum atomic E-state index is 12.0. The molecule has 1 aromatic heterocycles. The highest BCUT2D eigenvalue weighted by atomic mass is 35.5. The maximum Gasteiger partial charge on any atom is 0.217 e. The van der Waals surface area contributed by atoms with E-state index in [0.717, 1.165) is 25.7 Å². The van der Waals surface area contributed by atoms with Gasteiger partial charge in [0.15, 0.2) is 0 Å². The summed E-state index contributed by atoms with van der Waals surface area (Å²) in [5.74, 6) is 0.442. The first-order valence-corrected chi connectivity index (χ1v) is 8.11. The Morgan fingerprint density at radius 1 is 1.50 bits per heavy atom. The Hall–Kier alpha value is -0.590. The van der Waals surface area contributed by atoms with Crippen molar-refractivity contribution >= 4 is 21.6 Å². The zero-order chi connectivity index (χ0) is 13.2. The van der Waals surface area contributed by atoms with Crippen LogP contribution in [0.1, 0.15) is 37.1 Å². The quantitative estimate of drug-likeness (QED) is 0.861. The molecule has 0 aliphatic heterocycles. The SMILES string of the molecule is Cc1cc(CS(=O)(=O)NC2CCCCC2Cl)no1. The number of nitrogens with zero attached hydrogens (tertiary/aromatic N) is 1. The van der Waals surface area contributed by atoms with Crippen molar-refractivity contribution in [2.45, 2.75) is 49.8 Å². The van der Waals surface area contributed by atoms with E-state index in [1.807, 2.05) is 0 Å². The minimum atomic E-state index is -3.41. The fourth-order valence-corrected chi connectivity index (χ4v) is 3.94. The molecule has 5 nitrogen and oxygen atoms in total. The highest BCUT2D eigenvalue weighted by Gasteiger charge is 2.27. The molecular formula is C11H17ClN2O3S. The van der Waals surface area contributed by atoms with Crippen LogP contribution < -0.4 is 4.72 Å². The number of aromatic nitrogens is 1. The van der Waals surface area contributed by atoms with E-state index in [9.17, 15) is 8.42 Å². The van der Waals surface area contributed by atoms with Gasteiger partial charge in [0.05, 0.1) is 0 Å². The van der Waals surface area contributed by atoms with Crippen molar-refractivity contribution in [1.82, 2.24) is 9.88 Å². The molecule has 1 saturated carbocycles. The summed E-state index contributed by atoms with van der Waals surface area (Å²) >= 11 is 6.13. The summed E-state index contributed by atoms with van der Waals surface area (Å²) in [4.78, 5) is 0. The van der Waals surface area contributed by atoms with Crippen LogP contribution in [0.25, 0.3) is 0 Å². The summed E-state index contributed by atoms with van der Waals surface area (Å²) in [6.07, 6.45) is 3.73. The Labute approximate surface area is 112 Å². The zero-order valence-corrected chi connectivity index (χ0v) is 11.8. The molecule has 1 fully saturated rings. The molecule has 2 atom stereocenters. The van der Waals surface area contributed by atoms with Gasteiger partial charge in [0.25, 0.3) is 0 Å². The first-order valence-electron chi connectivity index (χ1n) is 6.02. The molecule has 0 radical (unpaired) electrons. The molecule has 2 rings (SSSR count). The topological polar surface area (TPSA) is 72.2 Å². The van der Waals surface area contributed by atoms with Crippen LogP contribution >= 0.6 is 11.6 Å². The average molecular weight is 293 g/mol. The summed E-state index contributed by atoms with van der Waals surface area (Å²) < 4.78 is 31.5. The van der Waals surface area contributed by atoms with Gasteiger partial charge < -0.3 is 4.52 Å². The molecule has 0 bridgehead atoms. The van der Waals surface area contributed by atoms with Crippen LogP contribution in [0.15, 0.2) is 10.6 Å². The molecule has 102 valence electrons. The van der Waals surface area contributed by atoms with Crippen molar-refractivity contribution in [2.24, 2.45) is 0 Å². The monoisotopic (exact) mass is 292 g/mol. The molecule has 2 unspecified atom stereocenters. The molecule has 0 saturated heterocycles. The molecule has 0 spiro atoms. The Morgan fingerprint density at radius 3 is 2.83 bits per heavy atom. The Morgan fingerprint density at radius 2 is 2.22 bits per heavy atom. The van der Waals surface area contributed by atoms with E-state index < -0.39 is 10.0 Å². The second-order valence-corrected chi connectivity index (χ2v) is 7.03. The lowest BCUT2D eigenvalue weighted by Gasteiger charge is -2.27. The number of hydrogen-bond acceptors (Lipinski definition) is 4. The van der Waals surface area contributed by atoms with Crippen LogP contribution in [0.5, 0.6) is 0 Å². The standard InChI is InChI=1S/C11H17ClN2O3S/c1-8-6-9(13-17-8)7-18(15,16)14-11-5-3-2-4-10(11)12/h6,10-11,14H,2-5,7H2,1H3. The minimum absolute atomic E-state index is 0.118. The summed E-state index contributed by atoms with van der Waals surface area (Å²) in [6.45, 7) is 1.73. The van der Waals surface area contributed by atoms with Crippen LogP contribution in [0, 0.1) is 6.92 Å². The molecule has 0 aromatic carbocycles. The fourth-order valence-electron chi connectivity index (χ4n) is 2.17. The van der Waals surface area contributed by atoms with E-state index in [1.165, 1.54) is 0 Å². The van der Waals surface area contributed by atoms with Crippen molar-refractivity contribution in [1.29, 1.82) is 0 Å². The van der Waals surface area contributed by atoms with Crippen molar-refractivity contribution in [2.75, 3.05) is 0 Å².